The van der Waals surface area contributed by atoms with E-state index >= 15 is 0 Å². The smallest absolute Gasteiger partial charge is 0.152 e. The first kappa shape index (κ1) is 13.0. The van der Waals surface area contributed by atoms with Crippen LogP contribution in [0.4, 0.5) is 5.69 Å². The van der Waals surface area contributed by atoms with Crippen molar-refractivity contribution in [2.75, 3.05) is 18.1 Å². The summed E-state index contributed by atoms with van der Waals surface area (Å²) in [5.41, 5.74) is 1.25. The summed E-state index contributed by atoms with van der Waals surface area (Å²) in [4.78, 5) is 12.9. The van der Waals surface area contributed by atoms with Gasteiger partial charge in [0.1, 0.15) is 0 Å². The van der Waals surface area contributed by atoms with E-state index in [0.717, 1.165) is 6.29 Å². The first-order chi connectivity index (χ1) is 7.61. The minimum atomic E-state index is 0.0295. The Morgan fingerprint density at radius 2 is 2.19 bits per heavy atom. The van der Waals surface area contributed by atoms with Gasteiger partial charge in [-0.05, 0) is 26.0 Å². The number of aldehydes is 1. The van der Waals surface area contributed by atoms with Crippen LogP contribution in [0.2, 0.25) is 5.02 Å². The molecule has 0 radical (unpaired) electrons. The van der Waals surface area contributed by atoms with Gasteiger partial charge in [-0.15, -0.1) is 0 Å². The summed E-state index contributed by atoms with van der Waals surface area (Å²) in [5, 5.41) is 9.56. The van der Waals surface area contributed by atoms with E-state index in [1.165, 1.54) is 0 Å². The maximum atomic E-state index is 11.0. The molecule has 0 heterocycles. The highest BCUT2D eigenvalue weighted by Gasteiger charge is 2.16. The number of rotatable bonds is 5. The van der Waals surface area contributed by atoms with E-state index in [2.05, 4.69) is 0 Å². The highest BCUT2D eigenvalue weighted by atomic mass is 35.5. The van der Waals surface area contributed by atoms with Crippen LogP contribution in [0.25, 0.3) is 0 Å². The van der Waals surface area contributed by atoms with Crippen molar-refractivity contribution in [3.8, 4) is 0 Å². The molecule has 0 aliphatic heterocycles. The van der Waals surface area contributed by atoms with Crippen molar-refractivity contribution >= 4 is 23.6 Å². The predicted molar refractivity (Wildman–Crippen MR) is 66.4 cm³/mol. The van der Waals surface area contributed by atoms with E-state index in [9.17, 15) is 4.79 Å². The number of carbonyl (C=O) groups is 1. The van der Waals surface area contributed by atoms with Crippen LogP contribution in [0, 0.1) is 0 Å². The summed E-state index contributed by atoms with van der Waals surface area (Å²) in [7, 11) is 0. The Bertz CT molecular complexity index is 366. The number of aliphatic hydroxyl groups excluding tert-OH is 1. The zero-order chi connectivity index (χ0) is 12.1. The first-order valence-corrected chi connectivity index (χ1v) is 5.60. The first-order valence-electron chi connectivity index (χ1n) is 5.23. The van der Waals surface area contributed by atoms with Crippen molar-refractivity contribution < 1.29 is 9.90 Å². The number of anilines is 1. The van der Waals surface area contributed by atoms with Crippen LogP contribution in [-0.2, 0) is 0 Å². The minimum absolute atomic E-state index is 0.0295. The topological polar surface area (TPSA) is 40.5 Å². The number of hydrogen-bond acceptors (Lipinski definition) is 3. The number of benzene rings is 1. The average molecular weight is 242 g/mol. The van der Waals surface area contributed by atoms with Crippen LogP contribution in [0.1, 0.15) is 24.2 Å². The Hall–Kier alpha value is -1.06. The van der Waals surface area contributed by atoms with Gasteiger partial charge in [0.2, 0.25) is 0 Å². The second kappa shape index (κ2) is 5.87. The van der Waals surface area contributed by atoms with E-state index in [1.807, 2.05) is 18.7 Å². The lowest BCUT2D eigenvalue weighted by atomic mass is 10.1. The fourth-order valence-corrected chi connectivity index (χ4v) is 1.96. The Balaban J connectivity index is 3.21. The molecule has 0 aliphatic carbocycles. The van der Waals surface area contributed by atoms with Gasteiger partial charge in [0.05, 0.1) is 17.3 Å². The van der Waals surface area contributed by atoms with Gasteiger partial charge in [-0.3, -0.25) is 4.79 Å². The third-order valence-corrected chi connectivity index (χ3v) is 2.70. The number of hydrogen-bond donors (Lipinski definition) is 1. The summed E-state index contributed by atoms with van der Waals surface area (Å²) < 4.78 is 0. The number of nitrogens with zero attached hydrogens (tertiary/aromatic N) is 1. The molecule has 0 spiro atoms. The van der Waals surface area contributed by atoms with Crippen LogP contribution >= 0.6 is 11.6 Å². The van der Waals surface area contributed by atoms with Crippen LogP contribution in [0.3, 0.4) is 0 Å². The molecule has 88 valence electrons. The van der Waals surface area contributed by atoms with Gasteiger partial charge in [0, 0.05) is 18.2 Å². The largest absolute Gasteiger partial charge is 0.395 e. The molecule has 1 aromatic rings. The summed E-state index contributed by atoms with van der Waals surface area (Å²) in [6, 6.07) is 5.38. The zero-order valence-electron chi connectivity index (χ0n) is 9.48. The van der Waals surface area contributed by atoms with Crippen LogP contribution in [0.15, 0.2) is 18.2 Å². The molecule has 1 aromatic carbocycles. The summed E-state index contributed by atoms with van der Waals surface area (Å²) in [6.45, 7) is 4.48. The third kappa shape index (κ3) is 2.74. The lowest BCUT2D eigenvalue weighted by Crippen LogP contribution is -2.34. The molecule has 1 rings (SSSR count). The Morgan fingerprint density at radius 3 is 2.69 bits per heavy atom. The van der Waals surface area contributed by atoms with Gasteiger partial charge < -0.3 is 10.0 Å². The predicted octanol–water partition coefficient (Wildman–Crippen LogP) is 2.36. The SMILES string of the molecule is CC(C)N(CCO)c1c(Cl)cccc1C=O. The molecule has 0 bridgehead atoms. The summed E-state index contributed by atoms with van der Waals surface area (Å²) >= 11 is 6.10. The van der Waals surface area contributed by atoms with E-state index in [-0.39, 0.29) is 12.6 Å². The number of halogens is 1. The van der Waals surface area contributed by atoms with E-state index in [1.54, 1.807) is 18.2 Å². The van der Waals surface area contributed by atoms with Crippen LogP contribution in [0.5, 0.6) is 0 Å². The highest BCUT2D eigenvalue weighted by Crippen LogP contribution is 2.30. The van der Waals surface area contributed by atoms with Gasteiger partial charge in [-0.2, -0.15) is 0 Å². The maximum Gasteiger partial charge on any atom is 0.152 e. The zero-order valence-corrected chi connectivity index (χ0v) is 10.2. The van der Waals surface area contributed by atoms with Gasteiger partial charge >= 0.3 is 0 Å². The van der Waals surface area contributed by atoms with Crippen molar-refractivity contribution in [2.24, 2.45) is 0 Å². The van der Waals surface area contributed by atoms with Crippen molar-refractivity contribution in [1.29, 1.82) is 0 Å². The second-order valence-corrected chi connectivity index (χ2v) is 4.21. The average Bonchev–Trinajstić information content (AvgIpc) is 2.26. The Labute approximate surface area is 101 Å². The standard InChI is InChI=1S/C12H16ClNO2/c1-9(2)14(6-7-15)12-10(8-16)4-3-5-11(12)13/h3-5,8-9,15H,6-7H2,1-2H3. The van der Waals surface area contributed by atoms with Gasteiger partial charge in [-0.1, -0.05) is 17.7 Å². The number of para-hydroxylation sites is 1. The molecule has 0 atom stereocenters. The minimum Gasteiger partial charge on any atom is -0.395 e. The fraction of sp³-hybridized carbons (Fsp3) is 0.417. The van der Waals surface area contributed by atoms with Crippen molar-refractivity contribution in [1.82, 2.24) is 0 Å². The molecule has 1 N–H and O–H groups in total. The molecule has 0 saturated heterocycles. The highest BCUT2D eigenvalue weighted by molar-refractivity contribution is 6.33. The Kier molecular flexibility index (Phi) is 4.77. The lowest BCUT2D eigenvalue weighted by molar-refractivity contribution is 0.112. The third-order valence-electron chi connectivity index (χ3n) is 2.40. The van der Waals surface area contributed by atoms with E-state index in [4.69, 9.17) is 16.7 Å². The normalized spacial score (nSPS) is 10.6. The van der Waals surface area contributed by atoms with Crippen LogP contribution < -0.4 is 4.90 Å². The molecule has 0 unspecified atom stereocenters. The monoisotopic (exact) mass is 241 g/mol. The van der Waals surface area contributed by atoms with Crippen LogP contribution in [-0.4, -0.2) is 30.6 Å². The van der Waals surface area contributed by atoms with Gasteiger partial charge in [0.15, 0.2) is 6.29 Å². The fourth-order valence-electron chi connectivity index (χ4n) is 1.67. The number of carbonyl (C=O) groups excluding carboxylic acids is 1. The molecule has 16 heavy (non-hydrogen) atoms. The van der Waals surface area contributed by atoms with E-state index in [0.29, 0.717) is 22.8 Å². The molecule has 0 fully saturated rings. The molecule has 4 heteroatoms. The quantitative estimate of drug-likeness (QED) is 0.805. The Morgan fingerprint density at radius 1 is 1.50 bits per heavy atom. The lowest BCUT2D eigenvalue weighted by Gasteiger charge is -2.30. The molecular formula is C12H16ClNO2. The molecule has 0 amide bonds. The molecule has 0 saturated carbocycles. The van der Waals surface area contributed by atoms with Crippen molar-refractivity contribution in [2.45, 2.75) is 19.9 Å². The van der Waals surface area contributed by atoms with Crippen molar-refractivity contribution in [3.63, 3.8) is 0 Å². The van der Waals surface area contributed by atoms with Crippen molar-refractivity contribution in [3.05, 3.63) is 28.8 Å². The second-order valence-electron chi connectivity index (χ2n) is 3.81. The molecule has 0 aliphatic rings. The summed E-state index contributed by atoms with van der Waals surface area (Å²) in [5.74, 6) is 0. The number of aliphatic hydroxyl groups is 1. The maximum absolute atomic E-state index is 11.0. The summed E-state index contributed by atoms with van der Waals surface area (Å²) in [6.07, 6.45) is 0.786. The van der Waals surface area contributed by atoms with Gasteiger partial charge in [-0.25, -0.2) is 0 Å². The van der Waals surface area contributed by atoms with Gasteiger partial charge in [0.25, 0.3) is 0 Å². The molecule has 3 nitrogen and oxygen atoms in total. The molecule has 0 aromatic heterocycles. The molecular weight excluding hydrogens is 226 g/mol. The van der Waals surface area contributed by atoms with E-state index < -0.39 is 0 Å².